The van der Waals surface area contributed by atoms with Crippen LogP contribution < -0.4 is 4.90 Å². The Bertz CT molecular complexity index is 2770. The number of hydrogen-bond acceptors (Lipinski definition) is 2. The van der Waals surface area contributed by atoms with Gasteiger partial charge in [-0.25, -0.2) is 0 Å². The van der Waals surface area contributed by atoms with Gasteiger partial charge in [-0.05, 0) is 101 Å². The van der Waals surface area contributed by atoms with Crippen LogP contribution in [-0.2, 0) is 0 Å². The van der Waals surface area contributed by atoms with E-state index in [0.717, 1.165) is 22.7 Å². The summed E-state index contributed by atoms with van der Waals surface area (Å²) in [5.41, 5.74) is 11.8. The molecule has 10 rings (SSSR count). The van der Waals surface area contributed by atoms with E-state index in [1.54, 1.807) is 0 Å². The van der Waals surface area contributed by atoms with Gasteiger partial charge in [0, 0.05) is 53.7 Å². The van der Waals surface area contributed by atoms with E-state index < -0.39 is 0 Å². The van der Waals surface area contributed by atoms with Crippen LogP contribution in [0.2, 0.25) is 0 Å². The van der Waals surface area contributed by atoms with Gasteiger partial charge in [-0.2, -0.15) is 0 Å². The molecule has 0 fully saturated rings. The molecule has 2 aromatic heterocycles. The highest BCUT2D eigenvalue weighted by atomic mass is 32.1. The van der Waals surface area contributed by atoms with Gasteiger partial charge in [-0.3, -0.25) is 0 Å². The minimum absolute atomic E-state index is 1.12. The van der Waals surface area contributed by atoms with E-state index in [0.29, 0.717) is 0 Å². The summed E-state index contributed by atoms with van der Waals surface area (Å²) in [5, 5.41) is 5.20. The average molecular weight is 669 g/mol. The van der Waals surface area contributed by atoms with Gasteiger partial charge in [0.15, 0.2) is 0 Å². The molecule has 0 aliphatic carbocycles. The molecule has 0 saturated heterocycles. The van der Waals surface area contributed by atoms with E-state index >= 15 is 0 Å². The molecule has 3 heteroatoms. The highest BCUT2D eigenvalue weighted by Gasteiger charge is 2.15. The molecule has 0 amide bonds. The molecule has 0 aliphatic rings. The third kappa shape index (κ3) is 5.10. The number of para-hydroxylation sites is 3. The van der Waals surface area contributed by atoms with Gasteiger partial charge in [0.1, 0.15) is 0 Å². The molecular weight excluding hydrogens is 637 g/mol. The number of nitrogens with zero attached hydrogens (tertiary/aromatic N) is 2. The second-order valence-corrected chi connectivity index (χ2v) is 14.1. The zero-order valence-corrected chi connectivity index (χ0v) is 28.6. The SMILES string of the molecule is c1ccc(N(c2ccc(-c3ccc(-n4c5ccccc5c5ccccc54)cc3)cc2)c2ccc(-c3ccc4sc5ccccc5c4c3)cc2)cc1. The van der Waals surface area contributed by atoms with Crippen molar-refractivity contribution in [2.75, 3.05) is 4.90 Å². The lowest BCUT2D eigenvalue weighted by Crippen LogP contribution is -2.09. The first-order valence-corrected chi connectivity index (χ1v) is 18.2. The molecule has 0 atom stereocenters. The molecule has 0 radical (unpaired) electrons. The van der Waals surface area contributed by atoms with Crippen LogP contribution in [-0.4, -0.2) is 4.57 Å². The van der Waals surface area contributed by atoms with Gasteiger partial charge in [-0.15, -0.1) is 11.3 Å². The number of benzene rings is 8. The summed E-state index contributed by atoms with van der Waals surface area (Å²) < 4.78 is 5.03. The van der Waals surface area contributed by atoms with Gasteiger partial charge < -0.3 is 9.47 Å². The van der Waals surface area contributed by atoms with Crippen molar-refractivity contribution in [3.8, 4) is 27.9 Å². The number of fused-ring (bicyclic) bond motifs is 6. The number of aromatic nitrogens is 1. The minimum Gasteiger partial charge on any atom is -0.311 e. The molecule has 0 bridgehead atoms. The summed E-state index contributed by atoms with van der Waals surface area (Å²) >= 11 is 1.86. The van der Waals surface area contributed by atoms with Crippen molar-refractivity contribution in [1.29, 1.82) is 0 Å². The van der Waals surface area contributed by atoms with Gasteiger partial charge in [-0.1, -0.05) is 115 Å². The maximum atomic E-state index is 2.36. The highest BCUT2D eigenvalue weighted by Crippen LogP contribution is 2.39. The first kappa shape index (κ1) is 29.5. The normalized spacial score (nSPS) is 11.5. The zero-order valence-electron chi connectivity index (χ0n) is 27.8. The fourth-order valence-corrected chi connectivity index (χ4v) is 8.63. The molecule has 8 aromatic carbocycles. The lowest BCUT2D eigenvalue weighted by Gasteiger charge is -2.26. The quantitative estimate of drug-likeness (QED) is 0.171. The zero-order chi connectivity index (χ0) is 33.7. The smallest absolute Gasteiger partial charge is 0.0541 e. The molecular formula is C48H32N2S. The summed E-state index contributed by atoms with van der Waals surface area (Å²) in [6.07, 6.45) is 0. The Morgan fingerprint density at radius 1 is 0.333 bits per heavy atom. The highest BCUT2D eigenvalue weighted by molar-refractivity contribution is 7.25. The predicted molar refractivity (Wildman–Crippen MR) is 219 cm³/mol. The van der Waals surface area contributed by atoms with E-state index in [1.807, 2.05) is 11.3 Å². The van der Waals surface area contributed by atoms with Gasteiger partial charge >= 0.3 is 0 Å². The Labute approximate surface area is 300 Å². The first-order valence-electron chi connectivity index (χ1n) is 17.3. The summed E-state index contributed by atoms with van der Waals surface area (Å²) in [6.45, 7) is 0. The topological polar surface area (TPSA) is 8.17 Å². The summed E-state index contributed by atoms with van der Waals surface area (Å²) in [7, 11) is 0. The molecule has 2 nitrogen and oxygen atoms in total. The Hall–Kier alpha value is -6.42. The molecule has 0 aliphatic heterocycles. The van der Waals surface area contributed by atoms with Crippen LogP contribution in [0.4, 0.5) is 17.1 Å². The van der Waals surface area contributed by atoms with Crippen LogP contribution in [0.5, 0.6) is 0 Å². The second kappa shape index (κ2) is 12.2. The van der Waals surface area contributed by atoms with E-state index in [1.165, 1.54) is 64.2 Å². The van der Waals surface area contributed by atoms with E-state index in [4.69, 9.17) is 0 Å². The maximum absolute atomic E-state index is 2.36. The standard InChI is InChI=1S/C48H32N2S/c1-2-10-37(11-3-1)49(39-27-22-35(23-28-39)36-24-31-48-44(32-36)43-14-6-9-17-47(43)51-48)38-25-18-33(19-26-38)34-20-29-40(30-21-34)50-45-15-7-4-12-41(45)42-13-5-8-16-46(42)50/h1-32H. The third-order valence-corrected chi connectivity index (χ3v) is 11.2. The molecule has 10 aromatic rings. The van der Waals surface area contributed by atoms with Crippen molar-refractivity contribution in [2.45, 2.75) is 0 Å². The van der Waals surface area contributed by atoms with Crippen molar-refractivity contribution < 1.29 is 0 Å². The Kier molecular flexibility index (Phi) is 7.04. The second-order valence-electron chi connectivity index (χ2n) is 13.0. The molecule has 0 N–H and O–H groups in total. The van der Waals surface area contributed by atoms with Gasteiger partial charge in [0.05, 0.1) is 11.0 Å². The monoisotopic (exact) mass is 668 g/mol. The number of thiophene rings is 1. The fraction of sp³-hybridized carbons (Fsp3) is 0. The Morgan fingerprint density at radius 2 is 0.784 bits per heavy atom. The molecule has 0 saturated carbocycles. The van der Waals surface area contributed by atoms with Crippen LogP contribution in [0.15, 0.2) is 194 Å². The molecule has 51 heavy (non-hydrogen) atoms. The summed E-state index contributed by atoms with van der Waals surface area (Å²) in [5.74, 6) is 0. The van der Waals surface area contributed by atoms with Crippen molar-refractivity contribution in [1.82, 2.24) is 4.57 Å². The van der Waals surface area contributed by atoms with Crippen LogP contribution in [0, 0.1) is 0 Å². The van der Waals surface area contributed by atoms with Crippen LogP contribution >= 0.6 is 11.3 Å². The van der Waals surface area contributed by atoms with Crippen molar-refractivity contribution in [3.05, 3.63) is 194 Å². The van der Waals surface area contributed by atoms with Crippen molar-refractivity contribution in [3.63, 3.8) is 0 Å². The van der Waals surface area contributed by atoms with Crippen LogP contribution in [0.25, 0.3) is 69.9 Å². The predicted octanol–water partition coefficient (Wildman–Crippen LogP) is 14.0. The average Bonchev–Trinajstić information content (AvgIpc) is 3.75. The van der Waals surface area contributed by atoms with Crippen molar-refractivity contribution in [2.24, 2.45) is 0 Å². The first-order chi connectivity index (χ1) is 25.3. The third-order valence-electron chi connectivity index (χ3n) is 10.0. The maximum Gasteiger partial charge on any atom is 0.0541 e. The van der Waals surface area contributed by atoms with Crippen molar-refractivity contribution >= 4 is 70.4 Å². The number of rotatable bonds is 6. The minimum atomic E-state index is 1.12. The van der Waals surface area contributed by atoms with E-state index in [2.05, 4.69) is 204 Å². The van der Waals surface area contributed by atoms with Crippen LogP contribution in [0.3, 0.4) is 0 Å². The van der Waals surface area contributed by atoms with Gasteiger partial charge in [0.2, 0.25) is 0 Å². The summed E-state index contributed by atoms with van der Waals surface area (Å²) in [6, 6.07) is 70.3. The fourth-order valence-electron chi connectivity index (χ4n) is 7.54. The largest absolute Gasteiger partial charge is 0.311 e. The van der Waals surface area contributed by atoms with E-state index in [9.17, 15) is 0 Å². The lowest BCUT2D eigenvalue weighted by atomic mass is 10.0. The summed E-state index contributed by atoms with van der Waals surface area (Å²) in [4.78, 5) is 2.33. The Balaban J connectivity index is 0.966. The van der Waals surface area contributed by atoms with Gasteiger partial charge in [0.25, 0.3) is 0 Å². The number of hydrogen-bond donors (Lipinski definition) is 0. The lowest BCUT2D eigenvalue weighted by molar-refractivity contribution is 1.18. The molecule has 2 heterocycles. The molecule has 0 spiro atoms. The number of anilines is 3. The molecule has 240 valence electrons. The Morgan fingerprint density at radius 3 is 1.41 bits per heavy atom. The molecule has 0 unspecified atom stereocenters. The van der Waals surface area contributed by atoms with Crippen LogP contribution in [0.1, 0.15) is 0 Å². The van der Waals surface area contributed by atoms with E-state index in [-0.39, 0.29) is 0 Å².